The van der Waals surface area contributed by atoms with E-state index >= 15 is 0 Å². The Labute approximate surface area is 364 Å². The molecule has 2 heterocycles. The molecule has 0 unspecified atom stereocenters. The monoisotopic (exact) mass is 800 g/mol. The fraction of sp³-hybridized carbons (Fsp3) is 0.0169. The number of benzene rings is 9. The molecule has 11 aromatic rings. The smallest absolute Gasteiger partial charge is 0.164 e. The summed E-state index contributed by atoms with van der Waals surface area (Å²) in [6, 6.07) is 77.9. The minimum Gasteiger partial charge on any atom is -0.247 e. The Hall–Kier alpha value is -8.34. The second-order valence-corrected chi connectivity index (χ2v) is 16.5. The first-order valence-electron chi connectivity index (χ1n) is 21.5. The van der Waals surface area contributed by atoms with E-state index in [0.717, 1.165) is 60.9 Å². The van der Waals surface area contributed by atoms with Crippen LogP contribution in [0.2, 0.25) is 0 Å². The van der Waals surface area contributed by atoms with Gasteiger partial charge in [-0.05, 0) is 67.2 Å². The molecule has 0 N–H and O–H groups in total. The molecule has 0 bridgehead atoms. The van der Waals surface area contributed by atoms with Crippen molar-refractivity contribution in [3.8, 4) is 78.9 Å². The average molecular weight is 801 g/mol. The summed E-state index contributed by atoms with van der Waals surface area (Å²) in [6.45, 7) is 0. The van der Waals surface area contributed by atoms with Gasteiger partial charge in [-0.1, -0.05) is 206 Å². The molecule has 63 heavy (non-hydrogen) atoms. The quantitative estimate of drug-likeness (QED) is 0.174. The van der Waals surface area contributed by atoms with Crippen molar-refractivity contribution in [2.24, 2.45) is 0 Å². The summed E-state index contributed by atoms with van der Waals surface area (Å²) in [5.41, 5.74) is 16.9. The van der Waals surface area contributed by atoms with Gasteiger partial charge in [0.15, 0.2) is 17.5 Å². The van der Waals surface area contributed by atoms with Crippen LogP contribution >= 0.6 is 0 Å². The van der Waals surface area contributed by atoms with Crippen molar-refractivity contribution in [1.29, 1.82) is 0 Å². The minimum absolute atomic E-state index is 0.452. The number of hydrogen-bond donors (Lipinski definition) is 0. The molecule has 9 aromatic carbocycles. The van der Waals surface area contributed by atoms with Gasteiger partial charge in [0.05, 0.1) is 16.8 Å². The lowest BCUT2D eigenvalue weighted by Gasteiger charge is -2.31. The second-order valence-electron chi connectivity index (χ2n) is 16.5. The van der Waals surface area contributed by atoms with Crippen molar-refractivity contribution in [2.45, 2.75) is 5.41 Å². The number of aromatic nitrogens is 4. The molecule has 13 rings (SSSR count). The number of rotatable bonds is 5. The van der Waals surface area contributed by atoms with Gasteiger partial charge in [-0.25, -0.2) is 19.9 Å². The second kappa shape index (κ2) is 13.8. The molecular weight excluding hydrogens is 765 g/mol. The SMILES string of the molecule is c1ccc(-c2nc(-c3ccccc3)nc(-c3ccc4cc(-c5ccc(-c6nc7c(c8ccccc68)C6(c8ccccc8-c8ccccc86)c6ccccc6-7)cc5)ccc4c3)n2)cc1. The van der Waals surface area contributed by atoms with E-state index in [4.69, 9.17) is 19.9 Å². The van der Waals surface area contributed by atoms with Gasteiger partial charge in [0.1, 0.15) is 0 Å². The van der Waals surface area contributed by atoms with Crippen molar-refractivity contribution in [2.75, 3.05) is 0 Å². The molecule has 2 aliphatic carbocycles. The highest BCUT2D eigenvalue weighted by Crippen LogP contribution is 2.64. The number of pyridine rings is 1. The zero-order valence-corrected chi connectivity index (χ0v) is 34.1. The highest BCUT2D eigenvalue weighted by atomic mass is 15.0. The van der Waals surface area contributed by atoms with Crippen LogP contribution in [-0.4, -0.2) is 19.9 Å². The standard InChI is InChI=1S/C59H36N4/c1-3-15-39(16-4-1)56-61-57(40-17-5-2-6-18-40)63-58(62-56)44-34-33-42-35-41(31-32-43(42)36-44)37-27-29-38(30-28-37)54-48-22-8-7-21-47(48)53-55(60-54)49-23-11-14-26-52(49)59(53)50-24-12-9-19-45(50)46-20-10-13-25-51(46)59/h1-36H. The molecule has 4 nitrogen and oxygen atoms in total. The third-order valence-corrected chi connectivity index (χ3v) is 13.1. The maximum absolute atomic E-state index is 5.67. The van der Waals surface area contributed by atoms with Crippen LogP contribution in [0.25, 0.3) is 100 Å². The first-order chi connectivity index (χ1) is 31.2. The van der Waals surface area contributed by atoms with E-state index in [1.807, 2.05) is 60.7 Å². The van der Waals surface area contributed by atoms with Crippen molar-refractivity contribution in [1.82, 2.24) is 19.9 Å². The van der Waals surface area contributed by atoms with Crippen molar-refractivity contribution in [3.05, 3.63) is 241 Å². The normalized spacial score (nSPS) is 12.9. The van der Waals surface area contributed by atoms with Crippen LogP contribution in [-0.2, 0) is 5.41 Å². The van der Waals surface area contributed by atoms with E-state index in [0.29, 0.717) is 17.5 Å². The molecule has 4 heteroatoms. The minimum atomic E-state index is -0.452. The fourth-order valence-corrected chi connectivity index (χ4v) is 10.3. The van der Waals surface area contributed by atoms with Crippen LogP contribution in [0.3, 0.4) is 0 Å². The molecule has 1 spiro atoms. The summed E-state index contributed by atoms with van der Waals surface area (Å²) in [7, 11) is 0. The first kappa shape index (κ1) is 35.4. The molecule has 0 amide bonds. The van der Waals surface area contributed by atoms with Crippen molar-refractivity contribution in [3.63, 3.8) is 0 Å². The van der Waals surface area contributed by atoms with Crippen LogP contribution in [0.15, 0.2) is 218 Å². The van der Waals surface area contributed by atoms with Crippen LogP contribution in [0, 0.1) is 0 Å². The lowest BCUT2D eigenvalue weighted by Crippen LogP contribution is -2.26. The Morgan fingerprint density at radius 3 is 1.30 bits per heavy atom. The molecule has 2 aliphatic rings. The van der Waals surface area contributed by atoms with Gasteiger partial charge in [-0.2, -0.15) is 0 Å². The van der Waals surface area contributed by atoms with Crippen LogP contribution in [0.5, 0.6) is 0 Å². The van der Waals surface area contributed by atoms with Gasteiger partial charge < -0.3 is 0 Å². The summed E-state index contributed by atoms with van der Waals surface area (Å²) < 4.78 is 0. The summed E-state index contributed by atoms with van der Waals surface area (Å²) in [6.07, 6.45) is 0. The van der Waals surface area contributed by atoms with Crippen molar-refractivity contribution < 1.29 is 0 Å². The van der Waals surface area contributed by atoms with E-state index in [2.05, 4.69) is 158 Å². The maximum atomic E-state index is 5.67. The Bertz CT molecular complexity index is 3510. The first-order valence-corrected chi connectivity index (χ1v) is 21.5. The predicted molar refractivity (Wildman–Crippen MR) is 256 cm³/mol. The molecule has 0 aliphatic heterocycles. The van der Waals surface area contributed by atoms with Gasteiger partial charge in [0.25, 0.3) is 0 Å². The zero-order valence-electron chi connectivity index (χ0n) is 34.1. The van der Waals surface area contributed by atoms with E-state index in [1.165, 1.54) is 44.3 Å². The van der Waals surface area contributed by atoms with E-state index in [1.54, 1.807) is 0 Å². The van der Waals surface area contributed by atoms with Gasteiger partial charge in [0.2, 0.25) is 0 Å². The van der Waals surface area contributed by atoms with Gasteiger partial charge in [0, 0.05) is 38.8 Å². The summed E-state index contributed by atoms with van der Waals surface area (Å²) >= 11 is 0. The fourth-order valence-electron chi connectivity index (χ4n) is 10.3. The lowest BCUT2D eigenvalue weighted by atomic mass is 9.69. The van der Waals surface area contributed by atoms with E-state index in [-0.39, 0.29) is 0 Å². The topological polar surface area (TPSA) is 51.6 Å². The molecule has 292 valence electrons. The highest BCUT2D eigenvalue weighted by Gasteiger charge is 2.53. The molecular formula is C59H36N4. The molecule has 0 atom stereocenters. The van der Waals surface area contributed by atoms with E-state index in [9.17, 15) is 0 Å². The van der Waals surface area contributed by atoms with Crippen molar-refractivity contribution >= 4 is 21.5 Å². The van der Waals surface area contributed by atoms with Gasteiger partial charge in [-0.15, -0.1) is 0 Å². The summed E-state index contributed by atoms with van der Waals surface area (Å²) in [4.78, 5) is 20.5. The van der Waals surface area contributed by atoms with Gasteiger partial charge >= 0.3 is 0 Å². The Balaban J connectivity index is 0.886. The Morgan fingerprint density at radius 2 is 0.698 bits per heavy atom. The van der Waals surface area contributed by atoms with Crippen LogP contribution < -0.4 is 0 Å². The maximum Gasteiger partial charge on any atom is 0.164 e. The van der Waals surface area contributed by atoms with Gasteiger partial charge in [-0.3, -0.25) is 0 Å². The van der Waals surface area contributed by atoms with Crippen LogP contribution in [0.1, 0.15) is 22.3 Å². The summed E-state index contributed by atoms with van der Waals surface area (Å²) in [5.74, 6) is 1.95. The number of hydrogen-bond acceptors (Lipinski definition) is 4. The Morgan fingerprint density at radius 1 is 0.270 bits per heavy atom. The third kappa shape index (κ3) is 5.35. The molecule has 0 radical (unpaired) electrons. The molecule has 2 aromatic heterocycles. The molecule has 0 saturated heterocycles. The van der Waals surface area contributed by atoms with E-state index < -0.39 is 5.41 Å². The molecule has 0 fully saturated rings. The average Bonchev–Trinajstić information content (AvgIpc) is 3.83. The third-order valence-electron chi connectivity index (χ3n) is 13.1. The lowest BCUT2D eigenvalue weighted by molar-refractivity contribution is 0.799. The van der Waals surface area contributed by atoms with Crippen LogP contribution in [0.4, 0.5) is 0 Å². The Kier molecular flexibility index (Phi) is 7.79. The summed E-state index contributed by atoms with van der Waals surface area (Å²) in [5, 5.41) is 4.66. The number of nitrogens with zero attached hydrogens (tertiary/aromatic N) is 4. The number of fused-ring (bicyclic) bond motifs is 13. The predicted octanol–water partition coefficient (Wildman–Crippen LogP) is 14.3. The highest BCUT2D eigenvalue weighted by molar-refractivity contribution is 6.07. The largest absolute Gasteiger partial charge is 0.247 e. The molecule has 0 saturated carbocycles. The zero-order chi connectivity index (χ0) is 41.5.